The van der Waals surface area contributed by atoms with Crippen LogP contribution in [0.2, 0.25) is 0 Å². The van der Waals surface area contributed by atoms with Gasteiger partial charge in [-0.25, -0.2) is 0 Å². The third-order valence-corrected chi connectivity index (χ3v) is 1.88. The summed E-state index contributed by atoms with van der Waals surface area (Å²) in [6.07, 6.45) is 3.63. The van der Waals surface area contributed by atoms with Gasteiger partial charge >= 0.3 is 0 Å². The van der Waals surface area contributed by atoms with Gasteiger partial charge in [-0.1, -0.05) is 12.2 Å². The lowest BCUT2D eigenvalue weighted by Crippen LogP contribution is -1.89. The van der Waals surface area contributed by atoms with Crippen molar-refractivity contribution in [2.24, 2.45) is 0 Å². The molecule has 0 fully saturated rings. The number of phenolic OH excluding ortho intramolecular Hbond substituents is 1. The zero-order chi connectivity index (χ0) is 10.6. The van der Waals surface area contributed by atoms with Crippen molar-refractivity contribution in [3.8, 4) is 17.2 Å². The number of ether oxygens (including phenoxy) is 2. The first-order valence-corrected chi connectivity index (χ1v) is 4.30. The molecule has 0 heterocycles. The molecule has 0 aliphatic heterocycles. The summed E-state index contributed by atoms with van der Waals surface area (Å²) >= 11 is 0. The highest BCUT2D eigenvalue weighted by Gasteiger charge is 2.08. The normalized spacial score (nSPS) is 10.5. The largest absolute Gasteiger partial charge is 0.504 e. The molecule has 3 heteroatoms. The van der Waals surface area contributed by atoms with E-state index in [-0.39, 0.29) is 5.75 Å². The van der Waals surface area contributed by atoms with Gasteiger partial charge in [0.15, 0.2) is 11.5 Å². The molecule has 14 heavy (non-hydrogen) atoms. The molecule has 1 aromatic rings. The van der Waals surface area contributed by atoms with E-state index < -0.39 is 0 Å². The summed E-state index contributed by atoms with van der Waals surface area (Å²) in [7, 11) is 3.08. The highest BCUT2D eigenvalue weighted by Crippen LogP contribution is 2.35. The van der Waals surface area contributed by atoms with Crippen LogP contribution in [-0.2, 0) is 0 Å². The summed E-state index contributed by atoms with van der Waals surface area (Å²) in [5.41, 5.74) is 0.684. The molecule has 1 aromatic carbocycles. The van der Waals surface area contributed by atoms with Crippen LogP contribution in [0, 0.1) is 0 Å². The topological polar surface area (TPSA) is 38.7 Å². The highest BCUT2D eigenvalue weighted by molar-refractivity contribution is 5.64. The van der Waals surface area contributed by atoms with E-state index in [0.717, 1.165) is 0 Å². The van der Waals surface area contributed by atoms with Crippen molar-refractivity contribution in [3.05, 3.63) is 23.8 Å². The average Bonchev–Trinajstić information content (AvgIpc) is 2.21. The molecule has 0 aliphatic rings. The summed E-state index contributed by atoms with van der Waals surface area (Å²) in [4.78, 5) is 0. The Labute approximate surface area is 83.6 Å². The van der Waals surface area contributed by atoms with Gasteiger partial charge in [-0.3, -0.25) is 0 Å². The minimum absolute atomic E-state index is 0.131. The van der Waals surface area contributed by atoms with Crippen LogP contribution in [0.3, 0.4) is 0 Å². The molecular weight excluding hydrogens is 180 g/mol. The fraction of sp³-hybridized carbons (Fsp3) is 0.273. The van der Waals surface area contributed by atoms with Gasteiger partial charge in [0, 0.05) is 11.6 Å². The molecule has 1 N–H and O–H groups in total. The van der Waals surface area contributed by atoms with E-state index in [1.807, 2.05) is 13.0 Å². The molecule has 0 amide bonds. The Hall–Kier alpha value is -1.64. The van der Waals surface area contributed by atoms with Crippen molar-refractivity contribution in [3.63, 3.8) is 0 Å². The van der Waals surface area contributed by atoms with Gasteiger partial charge in [0.2, 0.25) is 0 Å². The van der Waals surface area contributed by atoms with Gasteiger partial charge in [-0.05, 0) is 13.0 Å². The molecule has 0 saturated carbocycles. The predicted octanol–water partition coefficient (Wildman–Crippen LogP) is 2.44. The number of methoxy groups -OCH3 is 2. The van der Waals surface area contributed by atoms with Gasteiger partial charge in [0.05, 0.1) is 14.2 Å². The lowest BCUT2D eigenvalue weighted by atomic mass is 10.1. The standard InChI is InChI=1S/C11H14O3/c1-4-5-8-6-9(13-2)7-10(14-3)11(8)12/h4-7,12H,1-3H3/b5-4-. The first-order chi connectivity index (χ1) is 6.72. The van der Waals surface area contributed by atoms with Crippen molar-refractivity contribution < 1.29 is 14.6 Å². The van der Waals surface area contributed by atoms with Gasteiger partial charge in [-0.2, -0.15) is 0 Å². The van der Waals surface area contributed by atoms with Gasteiger partial charge in [0.1, 0.15) is 5.75 Å². The fourth-order valence-electron chi connectivity index (χ4n) is 1.18. The zero-order valence-electron chi connectivity index (χ0n) is 8.57. The maximum absolute atomic E-state index is 9.71. The zero-order valence-corrected chi connectivity index (χ0v) is 8.57. The predicted molar refractivity (Wildman–Crippen MR) is 55.9 cm³/mol. The minimum Gasteiger partial charge on any atom is -0.504 e. The number of aromatic hydroxyl groups is 1. The first kappa shape index (κ1) is 10.4. The van der Waals surface area contributed by atoms with E-state index in [4.69, 9.17) is 9.47 Å². The van der Waals surface area contributed by atoms with Crippen molar-refractivity contribution in [2.75, 3.05) is 14.2 Å². The Balaban J connectivity index is 3.26. The molecule has 0 spiro atoms. The second kappa shape index (κ2) is 4.56. The van der Waals surface area contributed by atoms with E-state index in [2.05, 4.69) is 0 Å². The molecule has 0 unspecified atom stereocenters. The molecule has 1 rings (SSSR count). The van der Waals surface area contributed by atoms with E-state index >= 15 is 0 Å². The molecule has 3 nitrogen and oxygen atoms in total. The van der Waals surface area contributed by atoms with Crippen molar-refractivity contribution in [2.45, 2.75) is 6.92 Å². The van der Waals surface area contributed by atoms with Crippen LogP contribution < -0.4 is 9.47 Å². The third-order valence-electron chi connectivity index (χ3n) is 1.88. The summed E-state index contributed by atoms with van der Waals surface area (Å²) in [5.74, 6) is 1.21. The van der Waals surface area contributed by atoms with Gasteiger partial charge in [-0.15, -0.1) is 0 Å². The van der Waals surface area contributed by atoms with Crippen LogP contribution in [-0.4, -0.2) is 19.3 Å². The maximum Gasteiger partial charge on any atom is 0.165 e. The van der Waals surface area contributed by atoms with Gasteiger partial charge < -0.3 is 14.6 Å². The Morgan fingerprint density at radius 3 is 2.43 bits per heavy atom. The number of benzene rings is 1. The number of hydrogen-bond acceptors (Lipinski definition) is 3. The Kier molecular flexibility index (Phi) is 3.40. The Morgan fingerprint density at radius 2 is 1.93 bits per heavy atom. The molecule has 0 aromatic heterocycles. The minimum atomic E-state index is 0.131. The number of allylic oxidation sites excluding steroid dienone is 1. The Bertz CT molecular complexity index is 343. The maximum atomic E-state index is 9.71. The molecule has 0 aliphatic carbocycles. The molecule has 0 bridgehead atoms. The fourth-order valence-corrected chi connectivity index (χ4v) is 1.18. The molecule has 0 atom stereocenters. The van der Waals surface area contributed by atoms with E-state index in [1.165, 1.54) is 7.11 Å². The summed E-state index contributed by atoms with van der Waals surface area (Å²) < 4.78 is 10.1. The van der Waals surface area contributed by atoms with Crippen molar-refractivity contribution in [1.82, 2.24) is 0 Å². The molecule has 76 valence electrons. The SMILES string of the molecule is C/C=C\c1cc(OC)cc(OC)c1O. The smallest absolute Gasteiger partial charge is 0.165 e. The van der Waals surface area contributed by atoms with Crippen LogP contribution >= 0.6 is 0 Å². The van der Waals surface area contributed by atoms with Crippen LogP contribution in [0.1, 0.15) is 12.5 Å². The lowest BCUT2D eigenvalue weighted by Gasteiger charge is -2.08. The van der Waals surface area contributed by atoms with Crippen molar-refractivity contribution >= 4 is 6.08 Å². The van der Waals surface area contributed by atoms with Gasteiger partial charge in [0.25, 0.3) is 0 Å². The van der Waals surface area contributed by atoms with Crippen molar-refractivity contribution in [1.29, 1.82) is 0 Å². The molecular formula is C11H14O3. The average molecular weight is 194 g/mol. The molecule has 0 saturated heterocycles. The van der Waals surface area contributed by atoms with E-state index in [0.29, 0.717) is 17.1 Å². The lowest BCUT2D eigenvalue weighted by molar-refractivity contribution is 0.363. The molecule has 0 radical (unpaired) electrons. The quantitative estimate of drug-likeness (QED) is 0.803. The van der Waals surface area contributed by atoms with Crippen LogP contribution in [0.25, 0.3) is 6.08 Å². The van der Waals surface area contributed by atoms with E-state index in [1.54, 1.807) is 25.3 Å². The summed E-state index contributed by atoms with van der Waals surface area (Å²) in [5, 5.41) is 9.71. The van der Waals surface area contributed by atoms with Crippen LogP contribution in [0.5, 0.6) is 17.2 Å². The number of phenols is 1. The monoisotopic (exact) mass is 194 g/mol. The highest BCUT2D eigenvalue weighted by atomic mass is 16.5. The second-order valence-electron chi connectivity index (χ2n) is 2.77. The van der Waals surface area contributed by atoms with Crippen LogP contribution in [0.15, 0.2) is 18.2 Å². The third kappa shape index (κ3) is 1.99. The van der Waals surface area contributed by atoms with E-state index in [9.17, 15) is 5.11 Å². The number of rotatable bonds is 3. The second-order valence-corrected chi connectivity index (χ2v) is 2.77. The summed E-state index contributed by atoms with van der Waals surface area (Å²) in [6.45, 7) is 1.88. The summed E-state index contributed by atoms with van der Waals surface area (Å²) in [6, 6.07) is 3.39. The Morgan fingerprint density at radius 1 is 1.21 bits per heavy atom. The first-order valence-electron chi connectivity index (χ1n) is 4.30. The number of hydrogen-bond donors (Lipinski definition) is 1. The van der Waals surface area contributed by atoms with Crippen LogP contribution in [0.4, 0.5) is 0 Å².